The van der Waals surface area contributed by atoms with Gasteiger partial charge in [-0.1, -0.05) is 54.7 Å². The fourth-order valence-corrected chi connectivity index (χ4v) is 4.01. The van der Waals surface area contributed by atoms with E-state index in [-0.39, 0.29) is 5.91 Å². The highest BCUT2D eigenvalue weighted by Gasteiger charge is 2.12. The maximum atomic E-state index is 12.3. The molecule has 0 fully saturated rings. The Morgan fingerprint density at radius 3 is 2.67 bits per heavy atom. The number of nitrogens with zero attached hydrogens (tertiary/aromatic N) is 4. The van der Waals surface area contributed by atoms with E-state index in [0.29, 0.717) is 12.1 Å². The highest BCUT2D eigenvalue weighted by Crippen LogP contribution is 2.26. The van der Waals surface area contributed by atoms with Gasteiger partial charge in [0.1, 0.15) is 5.01 Å². The maximum Gasteiger partial charge on any atom is 0.252 e. The Bertz CT molecular complexity index is 1100. The third-order valence-corrected chi connectivity index (χ3v) is 5.78. The van der Waals surface area contributed by atoms with E-state index in [0.717, 1.165) is 37.8 Å². The van der Waals surface area contributed by atoms with Crippen LogP contribution in [0.4, 0.5) is 0 Å². The molecule has 0 saturated heterocycles. The number of hydrogen-bond acceptors (Lipinski definition) is 5. The summed E-state index contributed by atoms with van der Waals surface area (Å²) in [4.78, 5) is 13.1. The lowest BCUT2D eigenvalue weighted by Crippen LogP contribution is -2.23. The van der Waals surface area contributed by atoms with Crippen molar-refractivity contribution in [2.45, 2.75) is 19.9 Å². The summed E-state index contributed by atoms with van der Waals surface area (Å²) < 4.78 is 2.58. The highest BCUT2D eigenvalue weighted by atomic mass is 79.9. The smallest absolute Gasteiger partial charge is 0.252 e. The van der Waals surface area contributed by atoms with Gasteiger partial charge in [0, 0.05) is 23.0 Å². The molecule has 0 radical (unpaired) electrons. The van der Waals surface area contributed by atoms with Crippen LogP contribution in [0.2, 0.25) is 0 Å². The van der Waals surface area contributed by atoms with Crippen molar-refractivity contribution < 1.29 is 4.79 Å². The van der Waals surface area contributed by atoms with Gasteiger partial charge in [-0.05, 0) is 33.6 Å². The number of halogens is 1. The Morgan fingerprint density at radius 2 is 1.93 bits per heavy atom. The first-order valence-corrected chi connectivity index (χ1v) is 10.1. The van der Waals surface area contributed by atoms with Gasteiger partial charge in [0.15, 0.2) is 5.82 Å². The van der Waals surface area contributed by atoms with Gasteiger partial charge in [-0.3, -0.25) is 4.79 Å². The zero-order chi connectivity index (χ0) is 18.8. The average Bonchev–Trinajstić information content (AvgIpc) is 3.27. The fraction of sp³-hybridized carbons (Fsp3) is 0.158. The SMILES string of the molecule is CCc1nnc2sc(-c3ccc(CNC(=O)c4ccccc4Br)cc3)nn12. The molecule has 4 rings (SSSR count). The van der Waals surface area contributed by atoms with Gasteiger partial charge in [-0.25, -0.2) is 0 Å². The van der Waals surface area contributed by atoms with Gasteiger partial charge >= 0.3 is 0 Å². The molecule has 2 aromatic heterocycles. The first kappa shape index (κ1) is 17.8. The maximum absolute atomic E-state index is 12.3. The topological polar surface area (TPSA) is 72.2 Å². The van der Waals surface area contributed by atoms with Gasteiger partial charge < -0.3 is 5.32 Å². The molecule has 6 nitrogen and oxygen atoms in total. The molecule has 136 valence electrons. The van der Waals surface area contributed by atoms with E-state index < -0.39 is 0 Å². The highest BCUT2D eigenvalue weighted by molar-refractivity contribution is 9.10. The number of nitrogens with one attached hydrogen (secondary N) is 1. The minimum atomic E-state index is -0.104. The second-order valence-electron chi connectivity index (χ2n) is 5.93. The zero-order valence-electron chi connectivity index (χ0n) is 14.5. The first-order chi connectivity index (χ1) is 13.2. The summed E-state index contributed by atoms with van der Waals surface area (Å²) in [5.41, 5.74) is 2.67. The van der Waals surface area contributed by atoms with Crippen molar-refractivity contribution in [3.8, 4) is 10.6 Å². The molecule has 1 N–H and O–H groups in total. The largest absolute Gasteiger partial charge is 0.348 e. The lowest BCUT2D eigenvalue weighted by Gasteiger charge is -2.07. The quantitative estimate of drug-likeness (QED) is 0.505. The van der Waals surface area contributed by atoms with Crippen LogP contribution in [0, 0.1) is 0 Å². The molecule has 0 bridgehead atoms. The van der Waals surface area contributed by atoms with Crippen molar-refractivity contribution in [2.75, 3.05) is 0 Å². The van der Waals surface area contributed by atoms with Gasteiger partial charge in [-0.2, -0.15) is 9.61 Å². The van der Waals surface area contributed by atoms with Gasteiger partial charge in [0.25, 0.3) is 5.91 Å². The Kier molecular flexibility index (Phi) is 5.00. The molecule has 2 heterocycles. The minimum Gasteiger partial charge on any atom is -0.348 e. The van der Waals surface area contributed by atoms with Crippen molar-refractivity contribution in [2.24, 2.45) is 0 Å². The standard InChI is InChI=1S/C19H16BrN5OS/c1-2-16-22-23-19-25(16)24-18(27-19)13-9-7-12(8-10-13)11-21-17(26)14-5-3-4-6-15(14)20/h3-10H,2,11H2,1H3,(H,21,26). The summed E-state index contributed by atoms with van der Waals surface area (Å²) in [6, 6.07) is 15.4. The molecule has 0 unspecified atom stereocenters. The molecule has 1 amide bonds. The van der Waals surface area contributed by atoms with Crippen LogP contribution in [-0.4, -0.2) is 25.7 Å². The van der Waals surface area contributed by atoms with E-state index in [1.807, 2.05) is 49.4 Å². The van der Waals surface area contributed by atoms with Crippen molar-refractivity contribution in [3.05, 3.63) is 70.0 Å². The van der Waals surface area contributed by atoms with Crippen LogP contribution in [0.3, 0.4) is 0 Å². The molecular weight excluding hydrogens is 426 g/mol. The van der Waals surface area contributed by atoms with Gasteiger partial charge in [0.2, 0.25) is 4.96 Å². The first-order valence-electron chi connectivity index (χ1n) is 8.49. The van der Waals surface area contributed by atoms with Crippen LogP contribution >= 0.6 is 27.3 Å². The molecule has 0 spiro atoms. The molecular formula is C19H16BrN5OS. The van der Waals surface area contributed by atoms with Crippen LogP contribution < -0.4 is 5.32 Å². The molecule has 0 aliphatic heterocycles. The monoisotopic (exact) mass is 441 g/mol. The fourth-order valence-electron chi connectivity index (χ4n) is 2.68. The molecule has 0 saturated carbocycles. The number of benzene rings is 2. The molecule has 2 aromatic carbocycles. The van der Waals surface area contributed by atoms with Crippen molar-refractivity contribution in [3.63, 3.8) is 0 Å². The predicted molar refractivity (Wildman–Crippen MR) is 109 cm³/mol. The molecule has 0 aliphatic carbocycles. The van der Waals surface area contributed by atoms with Crippen LogP contribution in [-0.2, 0) is 13.0 Å². The molecule has 27 heavy (non-hydrogen) atoms. The normalized spacial score (nSPS) is 11.0. The number of carbonyl (C=O) groups excluding carboxylic acids is 1. The second kappa shape index (κ2) is 7.58. The summed E-state index contributed by atoms with van der Waals surface area (Å²) in [6.07, 6.45) is 0.792. The van der Waals surface area contributed by atoms with Crippen molar-refractivity contribution in [1.82, 2.24) is 25.1 Å². The van der Waals surface area contributed by atoms with Gasteiger partial charge in [-0.15, -0.1) is 10.2 Å². The van der Waals surface area contributed by atoms with Crippen LogP contribution in [0.15, 0.2) is 53.0 Å². The number of carbonyl (C=O) groups is 1. The minimum absolute atomic E-state index is 0.104. The lowest BCUT2D eigenvalue weighted by atomic mass is 10.1. The van der Waals surface area contributed by atoms with E-state index in [2.05, 4.69) is 36.5 Å². The van der Waals surface area contributed by atoms with Crippen LogP contribution in [0.5, 0.6) is 0 Å². The Hall–Kier alpha value is -2.58. The van der Waals surface area contributed by atoms with Crippen molar-refractivity contribution >= 4 is 38.1 Å². The van der Waals surface area contributed by atoms with Gasteiger partial charge in [0.05, 0.1) is 5.56 Å². The third kappa shape index (κ3) is 3.63. The van der Waals surface area contributed by atoms with E-state index in [1.165, 1.54) is 11.3 Å². The van der Waals surface area contributed by atoms with Crippen molar-refractivity contribution in [1.29, 1.82) is 0 Å². The summed E-state index contributed by atoms with van der Waals surface area (Å²) in [7, 11) is 0. The van der Waals surface area contributed by atoms with Crippen LogP contribution in [0.25, 0.3) is 15.5 Å². The summed E-state index contributed by atoms with van der Waals surface area (Å²) in [6.45, 7) is 2.50. The third-order valence-electron chi connectivity index (χ3n) is 4.14. The van der Waals surface area contributed by atoms with E-state index in [4.69, 9.17) is 0 Å². The van der Waals surface area contributed by atoms with E-state index in [9.17, 15) is 4.79 Å². The Morgan fingerprint density at radius 1 is 1.15 bits per heavy atom. The lowest BCUT2D eigenvalue weighted by molar-refractivity contribution is 0.0950. The molecule has 8 heteroatoms. The summed E-state index contributed by atoms with van der Waals surface area (Å²) >= 11 is 4.91. The number of aromatic nitrogens is 4. The number of fused-ring (bicyclic) bond motifs is 1. The predicted octanol–water partition coefficient (Wildman–Crippen LogP) is 4.11. The number of amides is 1. The molecule has 0 aliphatic rings. The molecule has 4 aromatic rings. The Balaban J connectivity index is 1.46. The summed E-state index contributed by atoms with van der Waals surface area (Å²) in [5, 5.41) is 16.7. The number of aryl methyl sites for hydroxylation is 1. The Labute approximate surface area is 168 Å². The van der Waals surface area contributed by atoms with E-state index >= 15 is 0 Å². The van der Waals surface area contributed by atoms with E-state index in [1.54, 1.807) is 10.6 Å². The molecule has 0 atom stereocenters. The zero-order valence-corrected chi connectivity index (χ0v) is 16.9. The number of hydrogen-bond donors (Lipinski definition) is 1. The second-order valence-corrected chi connectivity index (χ2v) is 7.74. The number of rotatable bonds is 5. The summed E-state index contributed by atoms with van der Waals surface area (Å²) in [5.74, 6) is 0.756. The average molecular weight is 442 g/mol. The van der Waals surface area contributed by atoms with Crippen LogP contribution in [0.1, 0.15) is 28.7 Å².